The Morgan fingerprint density at radius 2 is 1.29 bits per heavy atom. The van der Waals surface area contributed by atoms with Gasteiger partial charge in [0.05, 0.1) is 0 Å². The van der Waals surface area contributed by atoms with Crippen LogP contribution in [0.15, 0.2) is 12.7 Å². The van der Waals surface area contributed by atoms with Crippen molar-refractivity contribution < 1.29 is 35.1 Å². The van der Waals surface area contributed by atoms with Gasteiger partial charge in [0.2, 0.25) is 6.17 Å². The molecule has 0 rings (SSSR count). The van der Waals surface area contributed by atoms with Gasteiger partial charge in [-0.3, -0.25) is 0 Å². The number of hydrogen-bond acceptors (Lipinski definition) is 0. The maximum atomic E-state index is 12.6. The lowest BCUT2D eigenvalue weighted by molar-refractivity contribution is -0.285. The lowest BCUT2D eigenvalue weighted by Crippen LogP contribution is -2.53. The molecule has 84 valence electrons. The van der Waals surface area contributed by atoms with E-state index in [1.54, 1.807) is 0 Å². The van der Waals surface area contributed by atoms with Crippen molar-refractivity contribution in [2.45, 2.75) is 24.2 Å². The van der Waals surface area contributed by atoms with Crippen LogP contribution in [0, 0.1) is 0 Å². The second-order valence-electron chi connectivity index (χ2n) is 2.37. The van der Waals surface area contributed by atoms with E-state index in [2.05, 4.69) is 6.58 Å². The van der Waals surface area contributed by atoms with Crippen LogP contribution in [0.5, 0.6) is 0 Å². The second-order valence-corrected chi connectivity index (χ2v) is 2.37. The second kappa shape index (κ2) is 3.39. The number of alkyl halides is 8. The van der Waals surface area contributed by atoms with Gasteiger partial charge in [0.25, 0.3) is 5.67 Å². The summed E-state index contributed by atoms with van der Waals surface area (Å²) in [5.41, 5.74) is -5.11. The van der Waals surface area contributed by atoms with Crippen LogP contribution in [0.4, 0.5) is 35.1 Å². The molecule has 8 heteroatoms. The lowest BCUT2D eigenvalue weighted by atomic mass is 9.99. The van der Waals surface area contributed by atoms with E-state index in [0.717, 1.165) is 0 Å². The van der Waals surface area contributed by atoms with Crippen LogP contribution in [0.2, 0.25) is 0 Å². The van der Waals surface area contributed by atoms with Gasteiger partial charge in [-0.1, -0.05) is 6.58 Å². The fourth-order valence-corrected chi connectivity index (χ4v) is 0.601. The van der Waals surface area contributed by atoms with Gasteiger partial charge in [0, 0.05) is 0 Å². The molecule has 14 heavy (non-hydrogen) atoms. The summed E-state index contributed by atoms with van der Waals surface area (Å²) in [5.74, 6) is 0. The fourth-order valence-electron chi connectivity index (χ4n) is 0.601. The van der Waals surface area contributed by atoms with Crippen molar-refractivity contribution >= 4 is 0 Å². The molecular formula is C6H4F8. The van der Waals surface area contributed by atoms with E-state index in [0.29, 0.717) is 0 Å². The highest BCUT2D eigenvalue weighted by Gasteiger charge is 2.67. The van der Waals surface area contributed by atoms with Gasteiger partial charge in [-0.05, 0) is 6.08 Å². The van der Waals surface area contributed by atoms with Crippen LogP contribution < -0.4 is 0 Å². The third-order valence-electron chi connectivity index (χ3n) is 1.39. The average Bonchev–Trinajstić information content (AvgIpc) is 1.97. The molecule has 0 spiro atoms. The molecule has 0 saturated carbocycles. The molecule has 2 unspecified atom stereocenters. The highest BCUT2D eigenvalue weighted by Crippen LogP contribution is 2.44. The van der Waals surface area contributed by atoms with E-state index in [-0.39, 0.29) is 0 Å². The summed E-state index contributed by atoms with van der Waals surface area (Å²) in [4.78, 5) is 0. The van der Waals surface area contributed by atoms with E-state index in [9.17, 15) is 35.1 Å². The Bertz CT molecular complexity index is 213. The summed E-state index contributed by atoms with van der Waals surface area (Å²) in [7, 11) is 0. The summed E-state index contributed by atoms with van der Waals surface area (Å²) in [5, 5.41) is 0. The third kappa shape index (κ3) is 2.16. The van der Waals surface area contributed by atoms with Gasteiger partial charge < -0.3 is 0 Å². The van der Waals surface area contributed by atoms with Crippen molar-refractivity contribution in [2.75, 3.05) is 0 Å². The van der Waals surface area contributed by atoms with Crippen molar-refractivity contribution in [1.82, 2.24) is 0 Å². The van der Waals surface area contributed by atoms with E-state index >= 15 is 0 Å². The number of hydrogen-bond donors (Lipinski definition) is 0. The van der Waals surface area contributed by atoms with Gasteiger partial charge in [-0.15, -0.1) is 0 Å². The van der Waals surface area contributed by atoms with Crippen LogP contribution in [-0.2, 0) is 0 Å². The van der Waals surface area contributed by atoms with Crippen molar-refractivity contribution in [2.24, 2.45) is 0 Å². The highest BCUT2D eigenvalue weighted by atomic mass is 19.4. The maximum Gasteiger partial charge on any atom is 0.429 e. The Labute approximate surface area is 73.2 Å². The van der Waals surface area contributed by atoms with Crippen LogP contribution in [0.1, 0.15) is 0 Å². The molecule has 0 amide bonds. The number of halogens is 8. The summed E-state index contributed by atoms with van der Waals surface area (Å²) < 4.78 is 94.3. The molecule has 0 nitrogen and oxygen atoms in total. The van der Waals surface area contributed by atoms with Crippen molar-refractivity contribution in [3.05, 3.63) is 12.7 Å². The fraction of sp³-hybridized carbons (Fsp3) is 0.667. The number of rotatable bonds is 2. The van der Waals surface area contributed by atoms with E-state index in [4.69, 9.17) is 0 Å². The molecule has 0 heterocycles. The summed E-state index contributed by atoms with van der Waals surface area (Å²) in [6.45, 7) is 2.20. The first kappa shape index (κ1) is 13.2. The molecular weight excluding hydrogens is 224 g/mol. The van der Waals surface area contributed by atoms with Gasteiger partial charge in [-0.25, -0.2) is 8.78 Å². The predicted octanol–water partition coefficient (Wildman–Crippen LogP) is 3.34. The Balaban J connectivity index is 5.17. The Hall–Kier alpha value is -0.820. The van der Waals surface area contributed by atoms with Crippen LogP contribution in [0.25, 0.3) is 0 Å². The standard InChI is InChI=1S/C6H4F8/c1-2-4(8,6(12,13)14)3(7)5(9,10)11/h2-3H,1H2. The summed E-state index contributed by atoms with van der Waals surface area (Å²) >= 11 is 0. The van der Waals surface area contributed by atoms with Crippen molar-refractivity contribution in [3.8, 4) is 0 Å². The largest absolute Gasteiger partial charge is 0.429 e. The number of allylic oxidation sites excluding steroid dienone is 1. The van der Waals surface area contributed by atoms with Crippen LogP contribution >= 0.6 is 0 Å². The Morgan fingerprint density at radius 1 is 0.929 bits per heavy atom. The molecule has 0 aromatic heterocycles. The zero-order chi connectivity index (χ0) is 11.8. The quantitative estimate of drug-likeness (QED) is 0.502. The molecule has 0 radical (unpaired) electrons. The third-order valence-corrected chi connectivity index (χ3v) is 1.39. The SMILES string of the molecule is C=CC(F)(C(F)C(F)(F)F)C(F)(F)F. The summed E-state index contributed by atoms with van der Waals surface area (Å²) in [6, 6.07) is 0. The molecule has 2 atom stereocenters. The summed E-state index contributed by atoms with van der Waals surface area (Å²) in [6.07, 6.45) is -17.3. The van der Waals surface area contributed by atoms with Crippen molar-refractivity contribution in [3.63, 3.8) is 0 Å². The van der Waals surface area contributed by atoms with Gasteiger partial charge in [0.1, 0.15) is 0 Å². The first-order valence-electron chi connectivity index (χ1n) is 3.07. The van der Waals surface area contributed by atoms with Crippen LogP contribution in [0.3, 0.4) is 0 Å². The molecule has 0 saturated heterocycles. The molecule has 0 aliphatic heterocycles. The Morgan fingerprint density at radius 3 is 1.36 bits per heavy atom. The Kier molecular flexibility index (Phi) is 3.19. The molecule has 0 aromatic rings. The smallest absolute Gasteiger partial charge is 0.233 e. The molecule has 0 aliphatic carbocycles. The van der Waals surface area contributed by atoms with Crippen LogP contribution in [-0.4, -0.2) is 24.2 Å². The zero-order valence-electron chi connectivity index (χ0n) is 6.39. The molecule has 0 aliphatic rings. The first-order valence-corrected chi connectivity index (χ1v) is 3.07. The predicted molar refractivity (Wildman–Crippen MR) is 31.0 cm³/mol. The minimum absolute atomic E-state index is 0.745. The highest BCUT2D eigenvalue weighted by molar-refractivity contribution is 5.09. The minimum Gasteiger partial charge on any atom is -0.233 e. The maximum absolute atomic E-state index is 12.6. The van der Waals surface area contributed by atoms with E-state index in [1.165, 1.54) is 0 Å². The molecule has 0 aromatic carbocycles. The molecule has 0 N–H and O–H groups in total. The molecule has 0 fully saturated rings. The average molecular weight is 228 g/mol. The van der Waals surface area contributed by atoms with Crippen molar-refractivity contribution in [1.29, 1.82) is 0 Å². The zero-order valence-corrected chi connectivity index (χ0v) is 6.39. The topological polar surface area (TPSA) is 0 Å². The molecule has 0 bridgehead atoms. The monoisotopic (exact) mass is 228 g/mol. The van der Waals surface area contributed by atoms with Gasteiger partial charge in [0.15, 0.2) is 0 Å². The van der Waals surface area contributed by atoms with E-state index < -0.39 is 30.3 Å². The lowest BCUT2D eigenvalue weighted by Gasteiger charge is -2.28. The van der Waals surface area contributed by atoms with Gasteiger partial charge in [-0.2, -0.15) is 26.3 Å². The first-order chi connectivity index (χ1) is 5.97. The normalized spacial score (nSPS) is 20.0. The van der Waals surface area contributed by atoms with Gasteiger partial charge >= 0.3 is 12.4 Å². The minimum atomic E-state index is -6.00. The van der Waals surface area contributed by atoms with E-state index in [1.807, 2.05) is 0 Å².